The molecule has 1 heterocycles. The van der Waals surface area contributed by atoms with Gasteiger partial charge in [-0.3, -0.25) is 4.79 Å². The zero-order valence-corrected chi connectivity index (χ0v) is 26.0. The van der Waals surface area contributed by atoms with E-state index in [-0.39, 0.29) is 17.5 Å². The number of carbonyl (C=O) groups excluding carboxylic acids is 1. The Kier molecular flexibility index (Phi) is 9.34. The van der Waals surface area contributed by atoms with Gasteiger partial charge in [0.05, 0.1) is 17.8 Å². The normalized spacial score (nSPS) is 15.7. The molecule has 43 heavy (non-hydrogen) atoms. The maximum absolute atomic E-state index is 11.3. The summed E-state index contributed by atoms with van der Waals surface area (Å²) in [4.78, 5) is 13.5. The van der Waals surface area contributed by atoms with Gasteiger partial charge in [0.2, 0.25) is 0 Å². The van der Waals surface area contributed by atoms with Gasteiger partial charge in [0, 0.05) is 28.2 Å². The molecule has 0 atom stereocenters. The van der Waals surface area contributed by atoms with Gasteiger partial charge in [-0.15, -0.1) is 0 Å². The predicted molar refractivity (Wildman–Crippen MR) is 175 cm³/mol. The van der Waals surface area contributed by atoms with Crippen molar-refractivity contribution in [3.05, 3.63) is 108 Å². The summed E-state index contributed by atoms with van der Waals surface area (Å²) in [5.74, 6) is 0.871. The van der Waals surface area contributed by atoms with Crippen molar-refractivity contribution in [3.63, 3.8) is 0 Å². The molecule has 1 fully saturated rings. The molecule has 224 valence electrons. The Labute approximate surface area is 256 Å². The van der Waals surface area contributed by atoms with Gasteiger partial charge in [0.25, 0.3) is 0 Å². The molecule has 0 bridgehead atoms. The molecular formula is C38H43NO4. The van der Waals surface area contributed by atoms with Gasteiger partial charge in [0.15, 0.2) is 6.29 Å². The molecule has 1 saturated heterocycles. The summed E-state index contributed by atoms with van der Waals surface area (Å²) < 4.78 is 18.4. The highest BCUT2D eigenvalue weighted by molar-refractivity contribution is 5.81. The summed E-state index contributed by atoms with van der Waals surface area (Å²) in [6.45, 7) is 11.2. The van der Waals surface area contributed by atoms with E-state index in [1.54, 1.807) is 0 Å². The van der Waals surface area contributed by atoms with E-state index in [4.69, 9.17) is 14.2 Å². The van der Waals surface area contributed by atoms with Crippen LogP contribution in [0, 0.1) is 0 Å². The Hall–Kier alpha value is -3.93. The van der Waals surface area contributed by atoms with Crippen LogP contribution < -0.4 is 9.64 Å². The lowest BCUT2D eigenvalue weighted by atomic mass is 9.90. The molecule has 1 aliphatic rings. The van der Waals surface area contributed by atoms with Crippen LogP contribution in [-0.2, 0) is 9.47 Å². The van der Waals surface area contributed by atoms with Crippen LogP contribution in [0.25, 0.3) is 11.1 Å². The van der Waals surface area contributed by atoms with Crippen LogP contribution in [0.3, 0.4) is 0 Å². The first-order valence-electron chi connectivity index (χ1n) is 15.3. The SMILES string of the molecule is CCCCCCOc1ccc(N(c2ccc(C=O)cc2)c2ccc(-c3ccc(C4OC(C)(C)C(C)(C)O4)cc3)cc2)cc1. The van der Waals surface area contributed by atoms with Gasteiger partial charge in [-0.2, -0.15) is 0 Å². The number of ether oxygens (including phenoxy) is 3. The Morgan fingerprint density at radius 1 is 0.674 bits per heavy atom. The Bertz CT molecular complexity index is 1460. The highest BCUT2D eigenvalue weighted by Crippen LogP contribution is 2.45. The fourth-order valence-electron chi connectivity index (χ4n) is 5.17. The van der Waals surface area contributed by atoms with E-state index in [9.17, 15) is 4.79 Å². The second-order valence-electron chi connectivity index (χ2n) is 12.2. The monoisotopic (exact) mass is 577 g/mol. The van der Waals surface area contributed by atoms with Crippen LogP contribution in [-0.4, -0.2) is 24.1 Å². The number of hydrogen-bond acceptors (Lipinski definition) is 5. The summed E-state index contributed by atoms with van der Waals surface area (Å²) in [5.41, 5.74) is 6.16. The van der Waals surface area contributed by atoms with E-state index in [0.29, 0.717) is 5.56 Å². The molecule has 0 aromatic heterocycles. The summed E-state index contributed by atoms with van der Waals surface area (Å²) in [6, 6.07) is 32.8. The smallest absolute Gasteiger partial charge is 0.185 e. The quantitative estimate of drug-likeness (QED) is 0.124. The fourth-order valence-corrected chi connectivity index (χ4v) is 5.17. The summed E-state index contributed by atoms with van der Waals surface area (Å²) >= 11 is 0. The Morgan fingerprint density at radius 3 is 1.67 bits per heavy atom. The van der Waals surface area contributed by atoms with Crippen molar-refractivity contribution in [1.82, 2.24) is 0 Å². The van der Waals surface area contributed by atoms with Crippen molar-refractivity contribution < 1.29 is 19.0 Å². The number of hydrogen-bond donors (Lipinski definition) is 0. The Morgan fingerprint density at radius 2 is 1.16 bits per heavy atom. The van der Waals surface area contributed by atoms with Gasteiger partial charge in [-0.05, 0) is 106 Å². The molecule has 0 aliphatic carbocycles. The van der Waals surface area contributed by atoms with Crippen LogP contribution >= 0.6 is 0 Å². The van der Waals surface area contributed by atoms with Gasteiger partial charge < -0.3 is 19.1 Å². The van der Waals surface area contributed by atoms with E-state index in [0.717, 1.165) is 58.8 Å². The number of benzene rings is 4. The van der Waals surface area contributed by atoms with Gasteiger partial charge >= 0.3 is 0 Å². The Balaban J connectivity index is 1.35. The molecular weight excluding hydrogens is 534 g/mol. The van der Waals surface area contributed by atoms with Crippen molar-refractivity contribution in [2.75, 3.05) is 11.5 Å². The van der Waals surface area contributed by atoms with Crippen LogP contribution in [0.2, 0.25) is 0 Å². The molecule has 0 saturated carbocycles. The molecule has 0 N–H and O–H groups in total. The number of unbranched alkanes of at least 4 members (excludes halogenated alkanes) is 3. The van der Waals surface area contributed by atoms with E-state index >= 15 is 0 Å². The van der Waals surface area contributed by atoms with E-state index in [2.05, 4.69) is 100 Å². The first-order chi connectivity index (χ1) is 20.7. The van der Waals surface area contributed by atoms with Crippen LogP contribution in [0.4, 0.5) is 17.1 Å². The van der Waals surface area contributed by atoms with Crippen molar-refractivity contribution in [2.45, 2.75) is 77.8 Å². The van der Waals surface area contributed by atoms with Crippen LogP contribution in [0.15, 0.2) is 97.1 Å². The standard InChI is InChI=1S/C38H43NO4/c1-6-7-8-9-26-41-35-24-22-34(23-25-35)39(32-18-10-28(27-40)11-19-32)33-20-16-30(17-21-33)29-12-14-31(15-13-29)36-42-37(2,3)38(4,5)43-36/h10-25,27,36H,6-9,26H2,1-5H3. The van der Waals surface area contributed by atoms with Crippen molar-refractivity contribution in [1.29, 1.82) is 0 Å². The van der Waals surface area contributed by atoms with E-state index in [1.165, 1.54) is 19.3 Å². The lowest BCUT2D eigenvalue weighted by Crippen LogP contribution is -2.41. The highest BCUT2D eigenvalue weighted by atomic mass is 16.7. The maximum Gasteiger partial charge on any atom is 0.185 e. The molecule has 0 unspecified atom stereocenters. The molecule has 0 radical (unpaired) electrons. The summed E-state index contributed by atoms with van der Waals surface area (Å²) in [6.07, 6.45) is 5.21. The molecule has 0 spiro atoms. The third-order valence-electron chi connectivity index (χ3n) is 8.54. The average Bonchev–Trinajstić information content (AvgIpc) is 3.25. The average molecular weight is 578 g/mol. The molecule has 5 nitrogen and oxygen atoms in total. The summed E-state index contributed by atoms with van der Waals surface area (Å²) in [7, 11) is 0. The number of carbonyl (C=O) groups is 1. The highest BCUT2D eigenvalue weighted by Gasteiger charge is 2.49. The largest absolute Gasteiger partial charge is 0.494 e. The lowest BCUT2D eigenvalue weighted by Gasteiger charge is -2.30. The zero-order chi connectivity index (χ0) is 30.5. The number of anilines is 3. The molecule has 1 aliphatic heterocycles. The first-order valence-corrected chi connectivity index (χ1v) is 15.3. The molecule has 5 heteroatoms. The third kappa shape index (κ3) is 7.01. The number of nitrogens with zero attached hydrogens (tertiary/aromatic N) is 1. The molecule has 4 aromatic carbocycles. The van der Waals surface area contributed by atoms with Crippen molar-refractivity contribution >= 4 is 23.3 Å². The minimum absolute atomic E-state index is 0.368. The second-order valence-corrected chi connectivity index (χ2v) is 12.2. The third-order valence-corrected chi connectivity index (χ3v) is 8.54. The van der Waals surface area contributed by atoms with Crippen LogP contribution in [0.5, 0.6) is 5.75 Å². The van der Waals surface area contributed by atoms with E-state index < -0.39 is 0 Å². The van der Waals surface area contributed by atoms with Gasteiger partial charge in [-0.25, -0.2) is 0 Å². The second kappa shape index (κ2) is 13.2. The zero-order valence-electron chi connectivity index (χ0n) is 26.0. The number of aldehydes is 1. The van der Waals surface area contributed by atoms with Crippen molar-refractivity contribution in [2.24, 2.45) is 0 Å². The molecule has 5 rings (SSSR count). The van der Waals surface area contributed by atoms with Crippen molar-refractivity contribution in [3.8, 4) is 16.9 Å². The van der Waals surface area contributed by atoms with Crippen LogP contribution in [0.1, 0.15) is 82.5 Å². The van der Waals surface area contributed by atoms with E-state index in [1.807, 2.05) is 36.4 Å². The lowest BCUT2D eigenvalue weighted by molar-refractivity contribution is -0.0895. The molecule has 4 aromatic rings. The minimum atomic E-state index is -0.376. The van der Waals surface area contributed by atoms with Gasteiger partial charge in [0.1, 0.15) is 12.0 Å². The minimum Gasteiger partial charge on any atom is -0.494 e. The summed E-state index contributed by atoms with van der Waals surface area (Å²) in [5, 5.41) is 0. The number of rotatable bonds is 12. The van der Waals surface area contributed by atoms with Gasteiger partial charge in [-0.1, -0.05) is 62.6 Å². The fraction of sp³-hybridized carbons (Fsp3) is 0.342. The maximum atomic E-state index is 11.3. The predicted octanol–water partition coefficient (Wildman–Crippen LogP) is 10.2. The molecule has 0 amide bonds. The first kappa shape index (κ1) is 30.5. The topological polar surface area (TPSA) is 48.0 Å².